The predicted octanol–water partition coefficient (Wildman–Crippen LogP) is 9.53. The van der Waals surface area contributed by atoms with E-state index in [9.17, 15) is 9.90 Å². The van der Waals surface area contributed by atoms with Crippen LogP contribution in [-0.2, 0) is 14.3 Å². The van der Waals surface area contributed by atoms with Crippen LogP contribution in [0.1, 0.15) is 117 Å². The van der Waals surface area contributed by atoms with Gasteiger partial charge in [0.1, 0.15) is 6.10 Å². The van der Waals surface area contributed by atoms with Gasteiger partial charge in [-0.3, -0.25) is 4.79 Å². The second-order valence-corrected chi connectivity index (χ2v) is 9.79. The lowest BCUT2D eigenvalue weighted by molar-refractivity contribution is -0.154. The molecule has 0 amide bonds. The molecule has 0 saturated heterocycles. The van der Waals surface area contributed by atoms with E-state index in [-0.39, 0.29) is 19.2 Å². The van der Waals surface area contributed by atoms with Crippen molar-refractivity contribution in [1.82, 2.24) is 0 Å². The first-order valence-electron chi connectivity index (χ1n) is 15.5. The van der Waals surface area contributed by atoms with Crippen molar-refractivity contribution in [2.24, 2.45) is 0 Å². The standard InChI is InChI=1S/C35H58O4/c1-3-5-7-9-11-13-15-16-17-18-19-21-23-25-27-29-31-38-33-34(32-36)39-35(37)30-28-26-24-22-20-14-12-10-8-6-4-2/h5,7,10-13,16-17,19,21,25,27,34,36H,3-4,6,8-9,14-15,18,20,22-24,26,28-33H2,1-2H3/b7-5-,12-10-,13-11-,17-16-,21-19-,27-25-. The molecular formula is C35H58O4. The van der Waals surface area contributed by atoms with Crippen molar-refractivity contribution < 1.29 is 19.4 Å². The van der Waals surface area contributed by atoms with Crippen molar-refractivity contribution in [3.8, 4) is 0 Å². The number of unbranched alkanes of at least 4 members (excludes halogenated alkanes) is 7. The summed E-state index contributed by atoms with van der Waals surface area (Å²) in [4.78, 5) is 12.0. The number of hydrogen-bond donors (Lipinski definition) is 1. The number of aliphatic hydroxyl groups is 1. The molecule has 0 rings (SSSR count). The van der Waals surface area contributed by atoms with E-state index in [1.807, 2.05) is 0 Å². The highest BCUT2D eigenvalue weighted by molar-refractivity contribution is 5.69. The van der Waals surface area contributed by atoms with Gasteiger partial charge in [-0.1, -0.05) is 119 Å². The van der Waals surface area contributed by atoms with E-state index >= 15 is 0 Å². The number of aliphatic hydroxyl groups excluding tert-OH is 1. The van der Waals surface area contributed by atoms with Gasteiger partial charge in [-0.2, -0.15) is 0 Å². The van der Waals surface area contributed by atoms with Gasteiger partial charge in [0.05, 0.1) is 19.8 Å². The maximum Gasteiger partial charge on any atom is 0.306 e. The van der Waals surface area contributed by atoms with Crippen LogP contribution < -0.4 is 0 Å². The molecule has 0 bridgehead atoms. The monoisotopic (exact) mass is 542 g/mol. The maximum absolute atomic E-state index is 12.0. The third kappa shape index (κ3) is 30.2. The largest absolute Gasteiger partial charge is 0.457 e. The van der Waals surface area contributed by atoms with Crippen LogP contribution in [0, 0.1) is 0 Å². The first kappa shape index (κ1) is 36.8. The average molecular weight is 543 g/mol. The van der Waals surface area contributed by atoms with Gasteiger partial charge in [0.15, 0.2) is 0 Å². The molecule has 39 heavy (non-hydrogen) atoms. The number of hydrogen-bond acceptors (Lipinski definition) is 4. The van der Waals surface area contributed by atoms with E-state index in [4.69, 9.17) is 9.47 Å². The van der Waals surface area contributed by atoms with E-state index in [1.165, 1.54) is 32.1 Å². The second kappa shape index (κ2) is 32.0. The summed E-state index contributed by atoms with van der Waals surface area (Å²) in [6.07, 6.45) is 42.3. The van der Waals surface area contributed by atoms with Gasteiger partial charge in [-0.15, -0.1) is 0 Å². The Hall–Kier alpha value is -2.17. The van der Waals surface area contributed by atoms with Crippen molar-refractivity contribution in [2.45, 2.75) is 123 Å². The van der Waals surface area contributed by atoms with Crippen LogP contribution in [0.3, 0.4) is 0 Å². The summed E-state index contributed by atoms with van der Waals surface area (Å²) in [5.41, 5.74) is 0. The van der Waals surface area contributed by atoms with Crippen molar-refractivity contribution in [1.29, 1.82) is 0 Å². The fourth-order valence-corrected chi connectivity index (χ4v) is 3.72. The summed E-state index contributed by atoms with van der Waals surface area (Å²) in [7, 11) is 0. The minimum Gasteiger partial charge on any atom is -0.457 e. The normalized spacial score (nSPS) is 13.4. The van der Waals surface area contributed by atoms with Gasteiger partial charge in [-0.25, -0.2) is 0 Å². The molecular weight excluding hydrogens is 484 g/mol. The Balaban J connectivity index is 3.66. The quantitative estimate of drug-likeness (QED) is 0.0638. The molecule has 4 heteroatoms. The Morgan fingerprint density at radius 3 is 1.74 bits per heavy atom. The summed E-state index contributed by atoms with van der Waals surface area (Å²) in [6.45, 7) is 4.94. The highest BCUT2D eigenvalue weighted by Gasteiger charge is 2.13. The third-order valence-electron chi connectivity index (χ3n) is 6.03. The molecule has 0 aromatic rings. The smallest absolute Gasteiger partial charge is 0.306 e. The van der Waals surface area contributed by atoms with Crippen molar-refractivity contribution in [3.63, 3.8) is 0 Å². The molecule has 0 radical (unpaired) electrons. The lowest BCUT2D eigenvalue weighted by Crippen LogP contribution is -2.27. The molecule has 0 heterocycles. The topological polar surface area (TPSA) is 55.8 Å². The van der Waals surface area contributed by atoms with Gasteiger partial charge < -0.3 is 14.6 Å². The van der Waals surface area contributed by atoms with Gasteiger partial charge in [0.25, 0.3) is 0 Å². The molecule has 1 N–H and O–H groups in total. The van der Waals surface area contributed by atoms with Crippen molar-refractivity contribution in [3.05, 3.63) is 72.9 Å². The molecule has 0 spiro atoms. The van der Waals surface area contributed by atoms with E-state index in [0.29, 0.717) is 13.0 Å². The predicted molar refractivity (Wildman–Crippen MR) is 168 cm³/mol. The summed E-state index contributed by atoms with van der Waals surface area (Å²) in [5.74, 6) is -0.241. The molecule has 4 nitrogen and oxygen atoms in total. The molecule has 0 aliphatic carbocycles. The Kier molecular flexibility index (Phi) is 30.3. The van der Waals surface area contributed by atoms with Crippen LogP contribution >= 0.6 is 0 Å². The zero-order chi connectivity index (χ0) is 28.5. The van der Waals surface area contributed by atoms with Crippen LogP contribution in [0.5, 0.6) is 0 Å². The lowest BCUT2D eigenvalue weighted by atomic mass is 10.1. The Morgan fingerprint density at radius 2 is 1.15 bits per heavy atom. The Bertz CT molecular complexity index is 699. The zero-order valence-electron chi connectivity index (χ0n) is 25.1. The van der Waals surface area contributed by atoms with Crippen molar-refractivity contribution in [2.75, 3.05) is 19.8 Å². The number of esters is 1. The van der Waals surface area contributed by atoms with Crippen LogP contribution in [-0.4, -0.2) is 37.0 Å². The first-order chi connectivity index (χ1) is 19.2. The number of carbonyl (C=O) groups is 1. The molecule has 0 aliphatic rings. The van der Waals surface area contributed by atoms with Crippen molar-refractivity contribution >= 4 is 5.97 Å². The summed E-state index contributed by atoms with van der Waals surface area (Å²) >= 11 is 0. The molecule has 0 saturated carbocycles. The maximum atomic E-state index is 12.0. The van der Waals surface area contributed by atoms with E-state index in [2.05, 4.69) is 86.8 Å². The summed E-state index contributed by atoms with van der Waals surface area (Å²) in [5, 5.41) is 9.48. The van der Waals surface area contributed by atoms with Gasteiger partial charge in [0, 0.05) is 6.42 Å². The second-order valence-electron chi connectivity index (χ2n) is 9.79. The summed E-state index contributed by atoms with van der Waals surface area (Å²) in [6, 6.07) is 0. The SMILES string of the molecule is CC/C=C\C/C=C\C/C=C\C/C=C\C/C=C\CCOCC(CO)OC(=O)CCCCCCC/C=C\CCCC. The van der Waals surface area contributed by atoms with E-state index in [1.54, 1.807) is 0 Å². The molecule has 0 fully saturated rings. The average Bonchev–Trinajstić information content (AvgIpc) is 2.94. The highest BCUT2D eigenvalue weighted by Crippen LogP contribution is 2.09. The van der Waals surface area contributed by atoms with Crippen LogP contribution in [0.2, 0.25) is 0 Å². The molecule has 1 atom stereocenters. The van der Waals surface area contributed by atoms with E-state index in [0.717, 1.165) is 64.2 Å². The van der Waals surface area contributed by atoms with Gasteiger partial charge >= 0.3 is 5.97 Å². The van der Waals surface area contributed by atoms with Gasteiger partial charge in [-0.05, 0) is 64.2 Å². The Morgan fingerprint density at radius 1 is 0.641 bits per heavy atom. The Labute approximate surface area is 240 Å². The van der Waals surface area contributed by atoms with Crippen LogP contribution in [0.4, 0.5) is 0 Å². The molecule has 0 aromatic carbocycles. The molecule has 1 unspecified atom stereocenters. The third-order valence-corrected chi connectivity index (χ3v) is 6.03. The highest BCUT2D eigenvalue weighted by atomic mass is 16.6. The number of ether oxygens (including phenoxy) is 2. The van der Waals surface area contributed by atoms with Gasteiger partial charge in [0.2, 0.25) is 0 Å². The first-order valence-corrected chi connectivity index (χ1v) is 15.5. The fraction of sp³-hybridized carbons (Fsp3) is 0.629. The minimum atomic E-state index is -0.578. The zero-order valence-corrected chi connectivity index (χ0v) is 25.1. The number of allylic oxidation sites excluding steroid dienone is 11. The van der Waals surface area contributed by atoms with E-state index < -0.39 is 6.10 Å². The summed E-state index contributed by atoms with van der Waals surface area (Å²) < 4.78 is 11.0. The molecule has 222 valence electrons. The number of carbonyl (C=O) groups excluding carboxylic acids is 1. The van der Waals surface area contributed by atoms with Crippen LogP contribution in [0.25, 0.3) is 0 Å². The fourth-order valence-electron chi connectivity index (χ4n) is 3.72. The minimum absolute atomic E-state index is 0.209. The van der Waals surface area contributed by atoms with Crippen LogP contribution in [0.15, 0.2) is 72.9 Å². The molecule has 0 aliphatic heterocycles. The molecule has 0 aromatic heterocycles. The lowest BCUT2D eigenvalue weighted by Gasteiger charge is -2.15. The number of rotatable bonds is 27.